The smallest absolute Gasteiger partial charge is 0.303 e. The van der Waals surface area contributed by atoms with Gasteiger partial charge in [-0.05, 0) is 33.6 Å². The first kappa shape index (κ1) is 22.8. The Morgan fingerprint density at radius 3 is 2.25 bits per heavy atom. The summed E-state index contributed by atoms with van der Waals surface area (Å²) >= 11 is 14.4. The van der Waals surface area contributed by atoms with Crippen LogP contribution in [0.15, 0.2) is 28.9 Å². The summed E-state index contributed by atoms with van der Waals surface area (Å²) < 4.78 is 90.1. The largest absolute Gasteiger partial charge is 0.460 e. The predicted octanol–water partition coefficient (Wildman–Crippen LogP) is 5.77. The second-order valence-corrected chi connectivity index (χ2v) is 7.04. The fourth-order valence-corrected chi connectivity index (χ4v) is 2.63. The van der Waals surface area contributed by atoms with Crippen LogP contribution in [0, 0.1) is 0 Å². The molecule has 0 unspecified atom stereocenters. The lowest BCUT2D eigenvalue weighted by atomic mass is 10.1. The highest BCUT2D eigenvalue weighted by molar-refractivity contribution is 9.10. The van der Waals surface area contributed by atoms with Crippen molar-refractivity contribution in [3.8, 4) is 0 Å². The van der Waals surface area contributed by atoms with Crippen LogP contribution in [0.25, 0.3) is 0 Å². The topological polar surface area (TPSA) is 46.9 Å². The summed E-state index contributed by atoms with van der Waals surface area (Å²) in [5.41, 5.74) is 0.552. The van der Waals surface area contributed by atoms with Crippen molar-refractivity contribution in [2.75, 3.05) is 5.32 Å². The highest BCUT2D eigenvalue weighted by Crippen LogP contribution is 2.47. The molecular formula is C14H7BrCl2F7N3O. The first-order valence-corrected chi connectivity index (χ1v) is 8.52. The molecule has 1 aromatic carbocycles. The number of hydrogen-bond acceptors (Lipinski definition) is 2. The summed E-state index contributed by atoms with van der Waals surface area (Å²) in [6.07, 6.45) is -5.45. The van der Waals surface area contributed by atoms with E-state index in [1.807, 2.05) is 0 Å². The molecule has 0 spiro atoms. The zero-order valence-corrected chi connectivity index (χ0v) is 16.2. The lowest BCUT2D eigenvalue weighted by Gasteiger charge is -2.26. The molecule has 0 atom stereocenters. The summed E-state index contributed by atoms with van der Waals surface area (Å²) in [7, 11) is 0. The number of nitrogens with zero attached hydrogens (tertiary/aromatic N) is 2. The maximum atomic E-state index is 13.4. The van der Waals surface area contributed by atoms with Gasteiger partial charge in [-0.25, -0.2) is 0 Å². The Morgan fingerprint density at radius 1 is 1.11 bits per heavy atom. The lowest BCUT2D eigenvalue weighted by molar-refractivity contribution is -0.343. The Balaban J connectivity index is 2.21. The van der Waals surface area contributed by atoms with Gasteiger partial charge in [0.25, 0.3) is 0 Å². The van der Waals surface area contributed by atoms with E-state index in [2.05, 4.69) is 21.0 Å². The molecule has 1 amide bonds. The van der Waals surface area contributed by atoms with Gasteiger partial charge < -0.3 is 5.32 Å². The Morgan fingerprint density at radius 2 is 1.71 bits per heavy atom. The van der Waals surface area contributed by atoms with Crippen LogP contribution < -0.4 is 5.32 Å². The number of nitrogens with one attached hydrogen (secondary N) is 1. The van der Waals surface area contributed by atoms with Gasteiger partial charge in [-0.1, -0.05) is 29.3 Å². The van der Waals surface area contributed by atoms with Gasteiger partial charge in [0.05, 0.1) is 21.1 Å². The molecule has 0 saturated carbocycles. The van der Waals surface area contributed by atoms with Gasteiger partial charge >= 0.3 is 23.9 Å². The zero-order chi connectivity index (χ0) is 21.5. The van der Waals surface area contributed by atoms with Crippen molar-refractivity contribution in [1.82, 2.24) is 9.78 Å². The number of rotatable bonds is 5. The van der Waals surface area contributed by atoms with Crippen molar-refractivity contribution in [3.63, 3.8) is 0 Å². The van der Waals surface area contributed by atoms with Crippen LogP contribution in [0.4, 0.5) is 36.6 Å². The normalized spacial score (nSPS) is 12.9. The standard InChI is InChI=1S/C14H7BrCl2F7N3O/c15-7-5-27(4-6-1-2-8(16)9(17)3-6)26-10(7)25-11(28)12(18,19)13(20,21)14(22,23)24/h1-3,5H,4H2,(H,25,26,28). The number of carbonyl (C=O) groups excluding carboxylic acids is 1. The predicted molar refractivity (Wildman–Crippen MR) is 90.1 cm³/mol. The maximum Gasteiger partial charge on any atom is 0.460 e. The summed E-state index contributed by atoms with van der Waals surface area (Å²) in [6.45, 7) is 0.000459. The molecule has 0 fully saturated rings. The molecule has 0 radical (unpaired) electrons. The quantitative estimate of drug-likeness (QED) is 0.513. The van der Waals surface area contributed by atoms with E-state index in [0.717, 1.165) is 4.68 Å². The first-order chi connectivity index (χ1) is 12.7. The minimum Gasteiger partial charge on any atom is -0.303 e. The zero-order valence-electron chi connectivity index (χ0n) is 13.1. The molecule has 154 valence electrons. The molecule has 0 bridgehead atoms. The third-order valence-electron chi connectivity index (χ3n) is 3.31. The molecule has 4 nitrogen and oxygen atoms in total. The monoisotopic (exact) mass is 515 g/mol. The molecule has 28 heavy (non-hydrogen) atoms. The highest BCUT2D eigenvalue weighted by atomic mass is 79.9. The Bertz CT molecular complexity index is 902. The Kier molecular flexibility index (Phi) is 6.27. The molecule has 2 rings (SSSR count). The van der Waals surface area contributed by atoms with Crippen LogP contribution in [0.3, 0.4) is 0 Å². The van der Waals surface area contributed by atoms with E-state index in [-0.39, 0.29) is 21.1 Å². The average Bonchev–Trinajstić information content (AvgIpc) is 2.89. The molecule has 2 aromatic rings. The van der Waals surface area contributed by atoms with Gasteiger partial charge in [0, 0.05) is 6.20 Å². The number of carbonyl (C=O) groups is 1. The van der Waals surface area contributed by atoms with E-state index in [0.29, 0.717) is 5.56 Å². The number of aromatic nitrogens is 2. The number of hydrogen-bond donors (Lipinski definition) is 1. The Labute approximate surface area is 170 Å². The minimum absolute atomic E-state index is 0.000459. The number of anilines is 1. The maximum absolute atomic E-state index is 13.4. The van der Waals surface area contributed by atoms with Crippen LogP contribution in [0.5, 0.6) is 0 Å². The molecule has 1 N–H and O–H groups in total. The average molecular weight is 517 g/mol. The second-order valence-electron chi connectivity index (χ2n) is 5.37. The summed E-state index contributed by atoms with van der Waals surface area (Å²) in [6, 6.07) is 4.50. The van der Waals surface area contributed by atoms with E-state index < -0.39 is 29.7 Å². The van der Waals surface area contributed by atoms with Crippen LogP contribution in [-0.4, -0.2) is 33.7 Å². The highest BCUT2D eigenvalue weighted by Gasteiger charge is 2.76. The van der Waals surface area contributed by atoms with Crippen molar-refractivity contribution in [3.05, 3.63) is 44.5 Å². The number of alkyl halides is 7. The molecule has 0 aliphatic heterocycles. The van der Waals surface area contributed by atoms with Crippen molar-refractivity contribution < 1.29 is 35.5 Å². The van der Waals surface area contributed by atoms with Gasteiger partial charge in [0.2, 0.25) is 0 Å². The second kappa shape index (κ2) is 7.71. The lowest BCUT2D eigenvalue weighted by Crippen LogP contribution is -2.57. The van der Waals surface area contributed by atoms with Crippen molar-refractivity contribution in [2.45, 2.75) is 24.6 Å². The van der Waals surface area contributed by atoms with Gasteiger partial charge in [-0.15, -0.1) is 0 Å². The molecule has 0 aliphatic carbocycles. The SMILES string of the molecule is O=C(Nc1nn(Cc2ccc(Cl)c(Cl)c2)cc1Br)C(F)(F)C(F)(F)C(F)(F)F. The molecule has 0 saturated heterocycles. The number of benzene rings is 1. The first-order valence-electron chi connectivity index (χ1n) is 6.97. The van der Waals surface area contributed by atoms with E-state index in [1.54, 1.807) is 6.07 Å². The van der Waals surface area contributed by atoms with Crippen LogP contribution in [0.1, 0.15) is 5.56 Å². The Hall–Kier alpha value is -1.53. The van der Waals surface area contributed by atoms with Crippen molar-refractivity contribution in [1.29, 1.82) is 0 Å². The van der Waals surface area contributed by atoms with Gasteiger partial charge in [0.15, 0.2) is 5.82 Å². The van der Waals surface area contributed by atoms with E-state index in [4.69, 9.17) is 23.2 Å². The summed E-state index contributed by atoms with van der Waals surface area (Å²) in [4.78, 5) is 11.4. The van der Waals surface area contributed by atoms with Gasteiger partial charge in [0.1, 0.15) is 0 Å². The third-order valence-corrected chi connectivity index (χ3v) is 4.63. The van der Waals surface area contributed by atoms with Gasteiger partial charge in [-0.3, -0.25) is 9.48 Å². The number of halogens is 10. The van der Waals surface area contributed by atoms with Crippen LogP contribution in [-0.2, 0) is 11.3 Å². The van der Waals surface area contributed by atoms with Crippen molar-refractivity contribution >= 4 is 50.9 Å². The molecule has 1 heterocycles. The molecular weight excluding hydrogens is 510 g/mol. The van der Waals surface area contributed by atoms with Crippen LogP contribution in [0.2, 0.25) is 10.0 Å². The number of amides is 1. The van der Waals surface area contributed by atoms with Crippen LogP contribution >= 0.6 is 39.1 Å². The molecule has 0 aliphatic rings. The van der Waals surface area contributed by atoms with Crippen molar-refractivity contribution in [2.24, 2.45) is 0 Å². The minimum atomic E-state index is -6.63. The van der Waals surface area contributed by atoms with E-state index in [9.17, 15) is 35.5 Å². The van der Waals surface area contributed by atoms with Gasteiger partial charge in [-0.2, -0.15) is 35.8 Å². The van der Waals surface area contributed by atoms with E-state index >= 15 is 0 Å². The summed E-state index contributed by atoms with van der Waals surface area (Å²) in [5, 5.41) is 5.40. The molecule has 1 aromatic heterocycles. The third kappa shape index (κ3) is 4.38. The van der Waals surface area contributed by atoms with E-state index in [1.165, 1.54) is 23.6 Å². The fraction of sp³-hybridized carbons (Fsp3) is 0.286. The summed E-state index contributed by atoms with van der Waals surface area (Å²) in [5.74, 6) is -16.2. The fourth-order valence-electron chi connectivity index (χ4n) is 1.89. The molecule has 14 heteroatoms.